The van der Waals surface area contributed by atoms with Crippen LogP contribution in [0.4, 0.5) is 6.01 Å². The molecule has 2 aromatic rings. The molecular weight excluding hydrogens is 268 g/mol. The van der Waals surface area contributed by atoms with Crippen LogP contribution in [-0.2, 0) is 6.54 Å². The molecule has 0 saturated carbocycles. The number of hydrogen-bond acceptors (Lipinski definition) is 6. The highest BCUT2D eigenvalue weighted by Crippen LogP contribution is 2.20. The number of nitrogens with zero attached hydrogens (tertiary/aromatic N) is 3. The standard InChI is InChI=1S/C15H22N4O2/c1-11-6-4-7-13(12(11)2)20-9-5-8-19(3)15-18-17-14(10-16)21-15/h4,6-7H,5,8-10,16H2,1-3H3. The first-order valence-electron chi connectivity index (χ1n) is 7.04. The summed E-state index contributed by atoms with van der Waals surface area (Å²) in [6, 6.07) is 6.58. The molecule has 0 aliphatic rings. The van der Waals surface area contributed by atoms with E-state index in [9.17, 15) is 0 Å². The fourth-order valence-corrected chi connectivity index (χ4v) is 1.94. The van der Waals surface area contributed by atoms with Gasteiger partial charge in [0, 0.05) is 13.6 Å². The van der Waals surface area contributed by atoms with E-state index in [0.29, 0.717) is 18.5 Å². The Bertz CT molecular complexity index is 583. The van der Waals surface area contributed by atoms with Gasteiger partial charge in [0.2, 0.25) is 5.89 Å². The van der Waals surface area contributed by atoms with Crippen LogP contribution in [0.3, 0.4) is 0 Å². The number of rotatable bonds is 7. The summed E-state index contributed by atoms with van der Waals surface area (Å²) in [4.78, 5) is 1.90. The molecule has 0 aliphatic carbocycles. The highest BCUT2D eigenvalue weighted by Gasteiger charge is 2.09. The highest BCUT2D eigenvalue weighted by atomic mass is 16.5. The van der Waals surface area contributed by atoms with Crippen molar-refractivity contribution in [3.05, 3.63) is 35.2 Å². The van der Waals surface area contributed by atoms with Gasteiger partial charge >= 0.3 is 6.01 Å². The van der Waals surface area contributed by atoms with Crippen molar-refractivity contribution in [2.75, 3.05) is 25.1 Å². The molecule has 0 fully saturated rings. The van der Waals surface area contributed by atoms with Crippen LogP contribution in [0.5, 0.6) is 5.75 Å². The van der Waals surface area contributed by atoms with Crippen molar-refractivity contribution in [2.45, 2.75) is 26.8 Å². The van der Waals surface area contributed by atoms with E-state index in [-0.39, 0.29) is 6.54 Å². The average molecular weight is 290 g/mol. The Morgan fingerprint density at radius 2 is 2.10 bits per heavy atom. The summed E-state index contributed by atoms with van der Waals surface area (Å²) in [5.41, 5.74) is 7.87. The van der Waals surface area contributed by atoms with Crippen LogP contribution in [0.2, 0.25) is 0 Å². The molecule has 0 radical (unpaired) electrons. The van der Waals surface area contributed by atoms with E-state index in [1.807, 2.05) is 24.1 Å². The molecule has 0 spiro atoms. The van der Waals surface area contributed by atoms with Crippen LogP contribution >= 0.6 is 0 Å². The molecular formula is C15H22N4O2. The Labute approximate surface area is 124 Å². The maximum absolute atomic E-state index is 5.82. The summed E-state index contributed by atoms with van der Waals surface area (Å²) in [5.74, 6) is 1.39. The third-order valence-corrected chi connectivity index (χ3v) is 3.41. The number of anilines is 1. The van der Waals surface area contributed by atoms with E-state index in [1.54, 1.807) is 0 Å². The van der Waals surface area contributed by atoms with Gasteiger partial charge in [-0.25, -0.2) is 0 Å². The molecule has 0 amide bonds. The minimum Gasteiger partial charge on any atom is -0.493 e. The molecule has 2 rings (SSSR count). The SMILES string of the molecule is Cc1cccc(OCCCN(C)c2nnc(CN)o2)c1C. The smallest absolute Gasteiger partial charge is 0.317 e. The zero-order chi connectivity index (χ0) is 15.2. The van der Waals surface area contributed by atoms with Crippen LogP contribution in [-0.4, -0.2) is 30.4 Å². The Kier molecular flexibility index (Phi) is 5.16. The van der Waals surface area contributed by atoms with Crippen molar-refractivity contribution in [1.29, 1.82) is 0 Å². The van der Waals surface area contributed by atoms with E-state index >= 15 is 0 Å². The highest BCUT2D eigenvalue weighted by molar-refractivity contribution is 5.38. The monoisotopic (exact) mass is 290 g/mol. The van der Waals surface area contributed by atoms with Gasteiger partial charge in [-0.15, -0.1) is 5.10 Å². The lowest BCUT2D eigenvalue weighted by molar-refractivity contribution is 0.309. The first-order valence-corrected chi connectivity index (χ1v) is 7.04. The second-order valence-corrected chi connectivity index (χ2v) is 5.00. The second-order valence-electron chi connectivity index (χ2n) is 5.00. The van der Waals surface area contributed by atoms with Crippen molar-refractivity contribution in [1.82, 2.24) is 10.2 Å². The van der Waals surface area contributed by atoms with Crippen LogP contribution in [0, 0.1) is 13.8 Å². The molecule has 0 unspecified atom stereocenters. The van der Waals surface area contributed by atoms with E-state index in [4.69, 9.17) is 14.9 Å². The van der Waals surface area contributed by atoms with Gasteiger partial charge in [-0.2, -0.15) is 0 Å². The molecule has 1 aromatic heterocycles. The molecule has 6 nitrogen and oxygen atoms in total. The maximum Gasteiger partial charge on any atom is 0.317 e. The minimum absolute atomic E-state index is 0.261. The van der Waals surface area contributed by atoms with Crippen molar-refractivity contribution in [3.63, 3.8) is 0 Å². The van der Waals surface area contributed by atoms with Crippen molar-refractivity contribution in [2.24, 2.45) is 5.73 Å². The molecule has 0 atom stereocenters. The number of ether oxygens (including phenoxy) is 1. The van der Waals surface area contributed by atoms with Gasteiger partial charge < -0.3 is 19.8 Å². The molecule has 0 bridgehead atoms. The Morgan fingerprint density at radius 1 is 1.29 bits per heavy atom. The third kappa shape index (κ3) is 3.95. The molecule has 6 heteroatoms. The molecule has 2 N–H and O–H groups in total. The molecule has 0 aliphatic heterocycles. The van der Waals surface area contributed by atoms with Gasteiger partial charge in [0.05, 0.1) is 13.2 Å². The number of hydrogen-bond donors (Lipinski definition) is 1. The van der Waals surface area contributed by atoms with Gasteiger partial charge in [0.1, 0.15) is 5.75 Å². The zero-order valence-corrected chi connectivity index (χ0v) is 12.8. The molecule has 21 heavy (non-hydrogen) atoms. The van der Waals surface area contributed by atoms with E-state index in [0.717, 1.165) is 18.7 Å². The van der Waals surface area contributed by atoms with Crippen LogP contribution in [0.25, 0.3) is 0 Å². The minimum atomic E-state index is 0.261. The first-order chi connectivity index (χ1) is 10.1. The summed E-state index contributed by atoms with van der Waals surface area (Å²) in [6.07, 6.45) is 0.865. The number of aromatic nitrogens is 2. The fraction of sp³-hybridized carbons (Fsp3) is 0.467. The van der Waals surface area contributed by atoms with Gasteiger partial charge in [-0.05, 0) is 37.5 Å². The van der Waals surface area contributed by atoms with Gasteiger partial charge in [0.25, 0.3) is 0 Å². The van der Waals surface area contributed by atoms with E-state index in [2.05, 4.69) is 30.1 Å². The molecule has 0 saturated heterocycles. The number of nitrogens with two attached hydrogens (primary N) is 1. The van der Waals surface area contributed by atoms with Crippen LogP contribution in [0.15, 0.2) is 22.6 Å². The molecule has 1 aromatic carbocycles. The fourth-order valence-electron chi connectivity index (χ4n) is 1.94. The van der Waals surface area contributed by atoms with E-state index in [1.165, 1.54) is 11.1 Å². The predicted molar refractivity (Wildman–Crippen MR) is 81.5 cm³/mol. The summed E-state index contributed by atoms with van der Waals surface area (Å²) in [7, 11) is 1.91. The third-order valence-electron chi connectivity index (χ3n) is 3.41. The summed E-state index contributed by atoms with van der Waals surface area (Å²) in [6.45, 7) is 5.84. The lowest BCUT2D eigenvalue weighted by Gasteiger charge is -2.15. The van der Waals surface area contributed by atoms with Crippen molar-refractivity contribution < 1.29 is 9.15 Å². The Morgan fingerprint density at radius 3 is 2.81 bits per heavy atom. The largest absolute Gasteiger partial charge is 0.493 e. The summed E-state index contributed by atoms with van der Waals surface area (Å²) in [5, 5.41) is 7.78. The van der Waals surface area contributed by atoms with Gasteiger partial charge in [-0.1, -0.05) is 17.2 Å². The number of aryl methyl sites for hydroxylation is 1. The van der Waals surface area contributed by atoms with E-state index < -0.39 is 0 Å². The topological polar surface area (TPSA) is 77.4 Å². The van der Waals surface area contributed by atoms with Crippen LogP contribution in [0.1, 0.15) is 23.4 Å². The maximum atomic E-state index is 5.82. The predicted octanol–water partition coefficient (Wildman–Crippen LogP) is 2.05. The lowest BCUT2D eigenvalue weighted by atomic mass is 10.1. The lowest BCUT2D eigenvalue weighted by Crippen LogP contribution is -2.20. The normalized spacial score (nSPS) is 10.7. The Balaban J connectivity index is 1.78. The summed E-state index contributed by atoms with van der Waals surface area (Å²) >= 11 is 0. The zero-order valence-electron chi connectivity index (χ0n) is 12.8. The van der Waals surface area contributed by atoms with Gasteiger partial charge in [0.15, 0.2) is 0 Å². The summed E-state index contributed by atoms with van der Waals surface area (Å²) < 4.78 is 11.2. The van der Waals surface area contributed by atoms with Crippen LogP contribution < -0.4 is 15.4 Å². The second kappa shape index (κ2) is 7.08. The van der Waals surface area contributed by atoms with Gasteiger partial charge in [-0.3, -0.25) is 0 Å². The van der Waals surface area contributed by atoms with Crippen molar-refractivity contribution >= 4 is 6.01 Å². The molecule has 114 valence electrons. The first kappa shape index (κ1) is 15.3. The Hall–Kier alpha value is -2.08. The molecule has 1 heterocycles. The quantitative estimate of drug-likeness (QED) is 0.786. The average Bonchev–Trinajstić information content (AvgIpc) is 2.96. The van der Waals surface area contributed by atoms with Crippen molar-refractivity contribution in [3.8, 4) is 5.75 Å². The number of benzene rings is 1.